The predicted octanol–water partition coefficient (Wildman–Crippen LogP) is 3.05. The van der Waals surface area contributed by atoms with Crippen LogP contribution < -0.4 is 10.2 Å². The standard InChI is InChI=1S/C16H27BrN2O2/c1-13(2)18-12-14-11-15(17)5-6-16(14)19(7-9-20-3)8-10-21-4/h5-6,11,13,18H,7-10,12H2,1-4H3. The molecule has 0 saturated carbocycles. The van der Waals surface area contributed by atoms with Crippen molar-refractivity contribution in [2.45, 2.75) is 26.4 Å². The summed E-state index contributed by atoms with van der Waals surface area (Å²) in [5.41, 5.74) is 2.52. The second-order valence-electron chi connectivity index (χ2n) is 5.28. The largest absolute Gasteiger partial charge is 0.383 e. The summed E-state index contributed by atoms with van der Waals surface area (Å²) < 4.78 is 11.6. The molecule has 0 amide bonds. The Kier molecular flexibility index (Phi) is 8.92. The number of nitrogens with zero attached hydrogens (tertiary/aromatic N) is 1. The van der Waals surface area contributed by atoms with Gasteiger partial charge in [-0.1, -0.05) is 29.8 Å². The monoisotopic (exact) mass is 358 g/mol. The van der Waals surface area contributed by atoms with Crippen LogP contribution in [0.3, 0.4) is 0 Å². The first-order valence-electron chi connectivity index (χ1n) is 7.33. The van der Waals surface area contributed by atoms with Crippen molar-refractivity contribution < 1.29 is 9.47 Å². The first-order chi connectivity index (χ1) is 10.1. The summed E-state index contributed by atoms with van der Waals surface area (Å²) in [4.78, 5) is 2.32. The average Bonchev–Trinajstić information content (AvgIpc) is 2.46. The lowest BCUT2D eigenvalue weighted by atomic mass is 10.1. The molecule has 0 radical (unpaired) electrons. The Hall–Kier alpha value is -0.620. The zero-order valence-corrected chi connectivity index (χ0v) is 15.1. The molecule has 0 aromatic heterocycles. The van der Waals surface area contributed by atoms with Gasteiger partial charge in [0.05, 0.1) is 13.2 Å². The van der Waals surface area contributed by atoms with E-state index in [1.165, 1.54) is 11.3 Å². The molecule has 0 aliphatic heterocycles. The van der Waals surface area contributed by atoms with Crippen LogP contribution in [0.25, 0.3) is 0 Å². The van der Waals surface area contributed by atoms with E-state index in [4.69, 9.17) is 9.47 Å². The number of methoxy groups -OCH3 is 2. The van der Waals surface area contributed by atoms with Gasteiger partial charge in [-0.25, -0.2) is 0 Å². The van der Waals surface area contributed by atoms with Crippen molar-refractivity contribution in [2.24, 2.45) is 0 Å². The van der Waals surface area contributed by atoms with Crippen LogP contribution in [-0.2, 0) is 16.0 Å². The van der Waals surface area contributed by atoms with E-state index in [1.54, 1.807) is 14.2 Å². The third-order valence-corrected chi connectivity index (χ3v) is 3.71. The highest BCUT2D eigenvalue weighted by molar-refractivity contribution is 9.10. The molecule has 4 nitrogen and oxygen atoms in total. The van der Waals surface area contributed by atoms with Crippen molar-refractivity contribution in [3.05, 3.63) is 28.2 Å². The normalized spacial score (nSPS) is 11.1. The van der Waals surface area contributed by atoms with Crippen LogP contribution in [0.15, 0.2) is 22.7 Å². The lowest BCUT2D eigenvalue weighted by molar-refractivity contribution is 0.190. The van der Waals surface area contributed by atoms with E-state index in [0.717, 1.165) is 24.1 Å². The summed E-state index contributed by atoms with van der Waals surface area (Å²) >= 11 is 3.56. The number of nitrogens with one attached hydrogen (secondary N) is 1. The summed E-state index contributed by atoms with van der Waals surface area (Å²) in [6.07, 6.45) is 0. The lowest BCUT2D eigenvalue weighted by Crippen LogP contribution is -2.32. The third kappa shape index (κ3) is 6.78. The Morgan fingerprint density at radius 3 is 2.29 bits per heavy atom. The van der Waals surface area contributed by atoms with E-state index in [9.17, 15) is 0 Å². The maximum Gasteiger partial charge on any atom is 0.0637 e. The Morgan fingerprint density at radius 2 is 1.76 bits per heavy atom. The molecule has 0 atom stereocenters. The van der Waals surface area contributed by atoms with Crippen molar-refractivity contribution in [3.8, 4) is 0 Å². The van der Waals surface area contributed by atoms with Gasteiger partial charge in [-0.05, 0) is 23.8 Å². The number of anilines is 1. The summed E-state index contributed by atoms with van der Waals surface area (Å²) in [5.74, 6) is 0. The molecule has 0 unspecified atom stereocenters. The second kappa shape index (κ2) is 10.2. The molecule has 21 heavy (non-hydrogen) atoms. The van der Waals surface area contributed by atoms with Gasteiger partial charge in [0.2, 0.25) is 0 Å². The highest BCUT2D eigenvalue weighted by Crippen LogP contribution is 2.25. The van der Waals surface area contributed by atoms with Crippen LogP contribution in [-0.4, -0.2) is 46.6 Å². The van der Waals surface area contributed by atoms with Crippen molar-refractivity contribution in [1.29, 1.82) is 0 Å². The zero-order valence-electron chi connectivity index (χ0n) is 13.5. The molecule has 0 spiro atoms. The molecule has 0 saturated heterocycles. The van der Waals surface area contributed by atoms with Crippen LogP contribution >= 0.6 is 15.9 Å². The van der Waals surface area contributed by atoms with E-state index < -0.39 is 0 Å². The molecule has 1 aromatic rings. The Bertz CT molecular complexity index is 405. The molecule has 0 bridgehead atoms. The molecule has 1 N–H and O–H groups in total. The molecule has 1 aromatic carbocycles. The van der Waals surface area contributed by atoms with Crippen molar-refractivity contribution >= 4 is 21.6 Å². The van der Waals surface area contributed by atoms with Gasteiger partial charge in [-0.15, -0.1) is 0 Å². The fourth-order valence-electron chi connectivity index (χ4n) is 2.07. The minimum atomic E-state index is 0.461. The molecule has 5 heteroatoms. The molecule has 120 valence electrons. The minimum absolute atomic E-state index is 0.461. The van der Waals surface area contributed by atoms with Crippen LogP contribution in [0.4, 0.5) is 5.69 Å². The predicted molar refractivity (Wildman–Crippen MR) is 92.1 cm³/mol. The fraction of sp³-hybridized carbons (Fsp3) is 0.625. The van der Waals surface area contributed by atoms with Crippen molar-refractivity contribution in [3.63, 3.8) is 0 Å². The molecule has 0 aliphatic rings. The van der Waals surface area contributed by atoms with E-state index in [2.05, 4.69) is 58.2 Å². The second-order valence-corrected chi connectivity index (χ2v) is 6.20. The van der Waals surface area contributed by atoms with Gasteiger partial charge in [0.1, 0.15) is 0 Å². The van der Waals surface area contributed by atoms with Crippen LogP contribution in [0.2, 0.25) is 0 Å². The van der Waals surface area contributed by atoms with Crippen LogP contribution in [0, 0.1) is 0 Å². The maximum absolute atomic E-state index is 5.23. The molecular formula is C16H27BrN2O2. The number of hydrogen-bond acceptors (Lipinski definition) is 4. The first-order valence-corrected chi connectivity index (χ1v) is 8.12. The SMILES string of the molecule is COCCN(CCOC)c1ccc(Br)cc1CNC(C)C. The minimum Gasteiger partial charge on any atom is -0.383 e. The number of ether oxygens (including phenoxy) is 2. The fourth-order valence-corrected chi connectivity index (χ4v) is 2.48. The van der Waals surface area contributed by atoms with Crippen LogP contribution in [0.1, 0.15) is 19.4 Å². The Morgan fingerprint density at radius 1 is 1.14 bits per heavy atom. The third-order valence-electron chi connectivity index (χ3n) is 3.21. The van der Waals surface area contributed by atoms with E-state index in [1.807, 2.05) is 0 Å². The summed E-state index contributed by atoms with van der Waals surface area (Å²) in [7, 11) is 3.47. The summed E-state index contributed by atoms with van der Waals surface area (Å²) in [5, 5.41) is 3.49. The first kappa shape index (κ1) is 18.4. The van der Waals surface area contributed by atoms with Gasteiger partial charge in [-0.2, -0.15) is 0 Å². The molecule has 0 fully saturated rings. The molecule has 1 rings (SSSR count). The quantitative estimate of drug-likeness (QED) is 0.696. The molecule has 0 heterocycles. The topological polar surface area (TPSA) is 33.7 Å². The lowest BCUT2D eigenvalue weighted by Gasteiger charge is -2.27. The smallest absolute Gasteiger partial charge is 0.0637 e. The van der Waals surface area contributed by atoms with Gasteiger partial charge in [0, 0.05) is 50.1 Å². The van der Waals surface area contributed by atoms with E-state index >= 15 is 0 Å². The van der Waals surface area contributed by atoms with E-state index in [-0.39, 0.29) is 0 Å². The number of halogens is 1. The summed E-state index contributed by atoms with van der Waals surface area (Å²) in [6, 6.07) is 6.88. The van der Waals surface area contributed by atoms with Gasteiger partial charge in [0.25, 0.3) is 0 Å². The van der Waals surface area contributed by atoms with Gasteiger partial charge < -0.3 is 19.7 Å². The number of benzene rings is 1. The van der Waals surface area contributed by atoms with Crippen molar-refractivity contribution in [2.75, 3.05) is 45.4 Å². The van der Waals surface area contributed by atoms with Crippen molar-refractivity contribution in [1.82, 2.24) is 5.32 Å². The Labute approximate surface area is 136 Å². The zero-order chi connectivity index (χ0) is 15.7. The van der Waals surface area contributed by atoms with Gasteiger partial charge in [0.15, 0.2) is 0 Å². The number of hydrogen-bond donors (Lipinski definition) is 1. The molecular weight excluding hydrogens is 332 g/mol. The average molecular weight is 359 g/mol. The van der Waals surface area contributed by atoms with Gasteiger partial charge in [-0.3, -0.25) is 0 Å². The molecule has 0 aliphatic carbocycles. The van der Waals surface area contributed by atoms with Gasteiger partial charge >= 0.3 is 0 Å². The number of rotatable bonds is 10. The van der Waals surface area contributed by atoms with Crippen LogP contribution in [0.5, 0.6) is 0 Å². The highest BCUT2D eigenvalue weighted by Gasteiger charge is 2.12. The highest BCUT2D eigenvalue weighted by atomic mass is 79.9. The summed E-state index contributed by atoms with van der Waals surface area (Å²) in [6.45, 7) is 8.29. The Balaban J connectivity index is 2.92. The van der Waals surface area contributed by atoms with E-state index in [0.29, 0.717) is 19.3 Å². The maximum atomic E-state index is 5.23.